The van der Waals surface area contributed by atoms with Gasteiger partial charge in [-0.1, -0.05) is 42.2 Å². The zero-order chi connectivity index (χ0) is 21.8. The van der Waals surface area contributed by atoms with Gasteiger partial charge in [-0.3, -0.25) is 14.3 Å². The highest BCUT2D eigenvalue weighted by molar-refractivity contribution is 5.35. The summed E-state index contributed by atoms with van der Waals surface area (Å²) in [6.07, 6.45) is 0.610. The molecule has 0 fully saturated rings. The van der Waals surface area contributed by atoms with Crippen molar-refractivity contribution in [3.63, 3.8) is 0 Å². The van der Waals surface area contributed by atoms with Crippen LogP contribution in [-0.4, -0.2) is 27.5 Å². The van der Waals surface area contributed by atoms with Crippen LogP contribution in [0.3, 0.4) is 0 Å². The number of nitrogens with zero attached hydrogens (tertiary/aromatic N) is 3. The van der Waals surface area contributed by atoms with E-state index in [1.54, 1.807) is 24.3 Å². The average Bonchev–Trinajstić information content (AvgIpc) is 2.80. The molecule has 4 rings (SSSR count). The molecule has 1 aliphatic heterocycles. The van der Waals surface area contributed by atoms with Gasteiger partial charge in [-0.25, -0.2) is 4.79 Å². The minimum atomic E-state index is -0.442. The van der Waals surface area contributed by atoms with Crippen LogP contribution in [-0.2, 0) is 13.0 Å². The summed E-state index contributed by atoms with van der Waals surface area (Å²) in [6.45, 7) is 3.56. The normalized spacial score (nSPS) is 14.1. The number of nitrogens with one attached hydrogen (secondary N) is 1. The fourth-order valence-corrected chi connectivity index (χ4v) is 3.83. The number of H-pyrrole nitrogens is 1. The summed E-state index contributed by atoms with van der Waals surface area (Å²) in [4.78, 5) is 30.9. The van der Waals surface area contributed by atoms with Gasteiger partial charge < -0.3 is 4.98 Å². The van der Waals surface area contributed by atoms with Crippen molar-refractivity contribution in [2.45, 2.75) is 25.9 Å². The Morgan fingerprint density at radius 2 is 1.81 bits per heavy atom. The molecular formula is C25H22N4O2. The zero-order valence-electron chi connectivity index (χ0n) is 17.3. The Hall–Kier alpha value is -3.87. The lowest BCUT2D eigenvalue weighted by atomic mass is 10.0. The number of hydrogen-bond acceptors (Lipinski definition) is 4. The van der Waals surface area contributed by atoms with E-state index in [0.717, 1.165) is 17.7 Å². The van der Waals surface area contributed by atoms with Crippen LogP contribution in [0.4, 0.5) is 0 Å². The van der Waals surface area contributed by atoms with Gasteiger partial charge >= 0.3 is 5.69 Å². The Kier molecular flexibility index (Phi) is 5.84. The van der Waals surface area contributed by atoms with Gasteiger partial charge in [0.1, 0.15) is 0 Å². The highest BCUT2D eigenvalue weighted by atomic mass is 16.2. The first kappa shape index (κ1) is 20.4. The zero-order valence-corrected chi connectivity index (χ0v) is 17.3. The van der Waals surface area contributed by atoms with Crippen LogP contribution < -0.4 is 11.2 Å². The monoisotopic (exact) mass is 410 g/mol. The van der Waals surface area contributed by atoms with Crippen LogP contribution in [0.2, 0.25) is 0 Å². The molecule has 6 heteroatoms. The molecule has 0 bridgehead atoms. The molecule has 0 saturated heterocycles. The lowest BCUT2D eigenvalue weighted by Crippen LogP contribution is -2.45. The Labute approximate surface area is 180 Å². The maximum absolute atomic E-state index is 13.2. The summed E-state index contributed by atoms with van der Waals surface area (Å²) in [6, 6.07) is 18.4. The first-order chi connectivity index (χ1) is 15.1. The number of hydrogen-bond donors (Lipinski definition) is 1. The fraction of sp³-hybridized carbons (Fsp3) is 0.240. The molecule has 0 spiro atoms. The molecule has 0 radical (unpaired) electrons. The summed E-state index contributed by atoms with van der Waals surface area (Å²) in [5, 5.41) is 8.98. The summed E-state index contributed by atoms with van der Waals surface area (Å²) in [5.74, 6) is 6.32. The molecule has 2 heterocycles. The van der Waals surface area contributed by atoms with Gasteiger partial charge in [0.15, 0.2) is 0 Å². The van der Waals surface area contributed by atoms with E-state index in [4.69, 9.17) is 5.26 Å². The molecule has 0 saturated carbocycles. The highest BCUT2D eigenvalue weighted by Crippen LogP contribution is 2.17. The summed E-state index contributed by atoms with van der Waals surface area (Å²) >= 11 is 0. The van der Waals surface area contributed by atoms with Crippen LogP contribution in [0.5, 0.6) is 0 Å². The number of nitriles is 1. The van der Waals surface area contributed by atoms with Crippen molar-refractivity contribution in [3.05, 3.63) is 103 Å². The molecule has 154 valence electrons. The van der Waals surface area contributed by atoms with Gasteiger partial charge in [-0.15, -0.1) is 0 Å². The topological polar surface area (TPSA) is 81.9 Å². The minimum Gasteiger partial charge on any atom is -0.311 e. The molecule has 1 unspecified atom stereocenters. The molecule has 3 aromatic rings. The van der Waals surface area contributed by atoms with Crippen LogP contribution in [0.1, 0.15) is 40.9 Å². The van der Waals surface area contributed by atoms with Crippen LogP contribution in [0.15, 0.2) is 64.2 Å². The molecule has 1 atom stereocenters. The lowest BCUT2D eigenvalue weighted by Gasteiger charge is -2.27. The van der Waals surface area contributed by atoms with Crippen molar-refractivity contribution in [2.75, 3.05) is 13.1 Å². The van der Waals surface area contributed by atoms with Crippen molar-refractivity contribution in [1.82, 2.24) is 14.5 Å². The van der Waals surface area contributed by atoms with Gasteiger partial charge in [0.2, 0.25) is 0 Å². The van der Waals surface area contributed by atoms with Crippen molar-refractivity contribution < 1.29 is 0 Å². The second kappa shape index (κ2) is 8.87. The van der Waals surface area contributed by atoms with Crippen molar-refractivity contribution in [1.29, 1.82) is 5.26 Å². The minimum absolute atomic E-state index is 0.267. The van der Waals surface area contributed by atoms with Crippen LogP contribution in [0.25, 0.3) is 0 Å². The van der Waals surface area contributed by atoms with Crippen LogP contribution in [0, 0.1) is 23.2 Å². The van der Waals surface area contributed by atoms with E-state index in [2.05, 4.69) is 27.8 Å². The number of benzene rings is 2. The Morgan fingerprint density at radius 1 is 1.06 bits per heavy atom. The Bertz CT molecular complexity index is 1300. The maximum atomic E-state index is 13.2. The third-order valence-corrected chi connectivity index (χ3v) is 5.60. The van der Waals surface area contributed by atoms with E-state index < -0.39 is 11.7 Å². The standard InChI is InChI=1S/C25H22N4O2/c1-18(21-11-9-20(16-26)10-12-21)29-24(30)22-17-28(15-13-23(22)27-25(29)31)14-5-8-19-6-3-2-4-7-19/h2-4,6-7,9-12,18H,13-15,17H2,1H3,(H,27,31). The molecule has 0 amide bonds. The number of fused-ring (bicyclic) bond motifs is 1. The summed E-state index contributed by atoms with van der Waals surface area (Å²) < 4.78 is 1.26. The summed E-state index contributed by atoms with van der Waals surface area (Å²) in [7, 11) is 0. The van der Waals surface area contributed by atoms with Gasteiger partial charge in [0, 0.05) is 30.8 Å². The van der Waals surface area contributed by atoms with Crippen LogP contribution >= 0.6 is 0 Å². The van der Waals surface area contributed by atoms with E-state index in [1.807, 2.05) is 37.3 Å². The van der Waals surface area contributed by atoms with E-state index in [1.165, 1.54) is 4.57 Å². The number of rotatable bonds is 3. The molecule has 1 aromatic heterocycles. The van der Waals surface area contributed by atoms with E-state index >= 15 is 0 Å². The Morgan fingerprint density at radius 3 is 2.52 bits per heavy atom. The Balaban J connectivity index is 1.59. The molecule has 1 N–H and O–H groups in total. The quantitative estimate of drug-likeness (QED) is 0.673. The van der Waals surface area contributed by atoms with Crippen molar-refractivity contribution >= 4 is 0 Å². The van der Waals surface area contributed by atoms with Gasteiger partial charge in [-0.2, -0.15) is 5.26 Å². The van der Waals surface area contributed by atoms with E-state index in [-0.39, 0.29) is 5.56 Å². The third-order valence-electron chi connectivity index (χ3n) is 5.60. The summed E-state index contributed by atoms with van der Waals surface area (Å²) in [5.41, 5.74) is 2.96. The molecule has 1 aliphatic rings. The average molecular weight is 410 g/mol. The largest absolute Gasteiger partial charge is 0.329 e. The number of aromatic amines is 1. The molecule has 2 aromatic carbocycles. The predicted octanol–water partition coefficient (Wildman–Crippen LogP) is 2.43. The van der Waals surface area contributed by atoms with E-state index in [9.17, 15) is 9.59 Å². The van der Waals surface area contributed by atoms with Gasteiger partial charge in [0.05, 0.1) is 29.8 Å². The van der Waals surface area contributed by atoms with Gasteiger partial charge in [0.25, 0.3) is 5.56 Å². The predicted molar refractivity (Wildman–Crippen MR) is 119 cm³/mol. The van der Waals surface area contributed by atoms with E-state index in [0.29, 0.717) is 36.3 Å². The fourth-order valence-electron chi connectivity index (χ4n) is 3.83. The SMILES string of the molecule is CC(c1ccc(C#N)cc1)n1c(=O)[nH]c2c(c1=O)CN(CC#Cc1ccccc1)CC2. The first-order valence-corrected chi connectivity index (χ1v) is 10.2. The molecule has 31 heavy (non-hydrogen) atoms. The number of aromatic nitrogens is 2. The third kappa shape index (κ3) is 4.35. The first-order valence-electron chi connectivity index (χ1n) is 10.2. The second-order valence-corrected chi connectivity index (χ2v) is 7.60. The maximum Gasteiger partial charge on any atom is 0.329 e. The highest BCUT2D eigenvalue weighted by Gasteiger charge is 2.23. The second-order valence-electron chi connectivity index (χ2n) is 7.60. The molecular weight excluding hydrogens is 388 g/mol. The molecule has 6 nitrogen and oxygen atoms in total. The smallest absolute Gasteiger partial charge is 0.311 e. The molecule has 0 aliphatic carbocycles. The van der Waals surface area contributed by atoms with Gasteiger partial charge in [-0.05, 0) is 36.8 Å². The van der Waals surface area contributed by atoms with Crippen molar-refractivity contribution in [3.8, 4) is 17.9 Å². The van der Waals surface area contributed by atoms with Crippen molar-refractivity contribution in [2.24, 2.45) is 0 Å². The lowest BCUT2D eigenvalue weighted by molar-refractivity contribution is 0.279.